The van der Waals surface area contributed by atoms with Crippen molar-refractivity contribution in [3.05, 3.63) is 60.2 Å². The summed E-state index contributed by atoms with van der Waals surface area (Å²) in [4.78, 5) is 8.47. The van der Waals surface area contributed by atoms with Crippen LogP contribution in [0.5, 0.6) is 0 Å². The van der Waals surface area contributed by atoms with Crippen LogP contribution in [0.15, 0.2) is 53.9 Å². The first-order valence-electron chi connectivity index (χ1n) is 6.65. The van der Waals surface area contributed by atoms with Gasteiger partial charge in [-0.15, -0.1) is 0 Å². The molecule has 0 fully saturated rings. The van der Waals surface area contributed by atoms with E-state index in [-0.39, 0.29) is 0 Å². The van der Waals surface area contributed by atoms with Crippen LogP contribution < -0.4 is 10.7 Å². The van der Waals surface area contributed by atoms with Gasteiger partial charge in [-0.2, -0.15) is 5.10 Å². The van der Waals surface area contributed by atoms with E-state index in [0.717, 1.165) is 23.5 Å². The van der Waals surface area contributed by atoms with Crippen molar-refractivity contribution >= 4 is 23.0 Å². The summed E-state index contributed by atoms with van der Waals surface area (Å²) in [7, 11) is 0. The molecule has 21 heavy (non-hydrogen) atoms. The van der Waals surface area contributed by atoms with Gasteiger partial charge >= 0.3 is 0 Å². The van der Waals surface area contributed by atoms with Crippen LogP contribution in [-0.4, -0.2) is 27.3 Å². The Balaban J connectivity index is 1.75. The average molecular weight is 299 g/mol. The fraction of sp³-hybridized carbons (Fsp3) is 0.200. The van der Waals surface area contributed by atoms with E-state index in [1.807, 2.05) is 43.3 Å². The van der Waals surface area contributed by atoms with Crippen molar-refractivity contribution < 1.29 is 0 Å². The van der Waals surface area contributed by atoms with Gasteiger partial charge in [0.2, 0.25) is 0 Å². The first kappa shape index (κ1) is 15.1. The highest BCUT2D eigenvalue weighted by Gasteiger charge is 1.99. The Bertz CT molecular complexity index is 598. The number of rotatable bonds is 5. The molecule has 0 aliphatic carbocycles. The maximum Gasteiger partial charge on any atom is 0.186 e. The van der Waals surface area contributed by atoms with Crippen molar-refractivity contribution in [3.8, 4) is 0 Å². The van der Waals surface area contributed by atoms with Gasteiger partial charge in [0.1, 0.15) is 0 Å². The minimum absolute atomic E-state index is 0.487. The van der Waals surface area contributed by atoms with Crippen molar-refractivity contribution in [2.24, 2.45) is 5.10 Å². The van der Waals surface area contributed by atoms with E-state index in [1.54, 1.807) is 12.4 Å². The number of pyridine rings is 2. The molecule has 0 bridgehead atoms. The zero-order chi connectivity index (χ0) is 14.9. The predicted octanol–water partition coefficient (Wildman–Crippen LogP) is 1.91. The van der Waals surface area contributed by atoms with Crippen molar-refractivity contribution in [1.82, 2.24) is 20.7 Å². The molecule has 2 rings (SSSR count). The Morgan fingerprint density at radius 1 is 1.14 bits per heavy atom. The predicted molar refractivity (Wildman–Crippen MR) is 88.1 cm³/mol. The smallest absolute Gasteiger partial charge is 0.186 e. The van der Waals surface area contributed by atoms with E-state index in [1.165, 1.54) is 0 Å². The van der Waals surface area contributed by atoms with Gasteiger partial charge in [-0.25, -0.2) is 0 Å². The van der Waals surface area contributed by atoms with E-state index in [9.17, 15) is 0 Å². The lowest BCUT2D eigenvalue weighted by atomic mass is 10.3. The van der Waals surface area contributed by atoms with Gasteiger partial charge < -0.3 is 5.32 Å². The Morgan fingerprint density at radius 2 is 1.90 bits per heavy atom. The quantitative estimate of drug-likeness (QED) is 0.502. The minimum Gasteiger partial charge on any atom is -0.361 e. The molecular formula is C15H17N5S. The first-order valence-corrected chi connectivity index (χ1v) is 7.06. The molecule has 0 amide bonds. The highest BCUT2D eigenvalue weighted by Crippen LogP contribution is 1.95. The van der Waals surface area contributed by atoms with E-state index >= 15 is 0 Å². The van der Waals surface area contributed by atoms with Gasteiger partial charge in [0, 0.05) is 31.1 Å². The van der Waals surface area contributed by atoms with Gasteiger partial charge in [-0.3, -0.25) is 15.4 Å². The third kappa shape index (κ3) is 5.27. The highest BCUT2D eigenvalue weighted by molar-refractivity contribution is 7.80. The molecular weight excluding hydrogens is 282 g/mol. The Kier molecular flexibility index (Phi) is 5.78. The SMILES string of the molecule is CC(=NNC(=S)NCCc1ccccn1)c1ccccn1. The molecule has 2 aromatic rings. The van der Waals surface area contributed by atoms with Crippen LogP contribution in [0, 0.1) is 0 Å². The monoisotopic (exact) mass is 299 g/mol. The van der Waals surface area contributed by atoms with Crippen LogP contribution >= 0.6 is 12.2 Å². The van der Waals surface area contributed by atoms with Crippen molar-refractivity contribution in [3.63, 3.8) is 0 Å². The van der Waals surface area contributed by atoms with Gasteiger partial charge in [0.05, 0.1) is 11.4 Å². The number of nitrogens with one attached hydrogen (secondary N) is 2. The van der Waals surface area contributed by atoms with Gasteiger partial charge in [-0.1, -0.05) is 12.1 Å². The summed E-state index contributed by atoms with van der Waals surface area (Å²) < 4.78 is 0. The molecule has 0 aliphatic rings. The van der Waals surface area contributed by atoms with Crippen LogP contribution in [0.2, 0.25) is 0 Å². The standard InChI is InChI=1S/C15H17N5S/c1-12(14-7-3-5-10-17-14)19-20-15(21)18-11-8-13-6-2-4-9-16-13/h2-7,9-10H,8,11H2,1H3,(H2,18,20,21). The lowest BCUT2D eigenvalue weighted by Gasteiger charge is -2.07. The molecule has 2 N–H and O–H groups in total. The van der Waals surface area contributed by atoms with Crippen LogP contribution in [-0.2, 0) is 6.42 Å². The number of hydrazone groups is 1. The largest absolute Gasteiger partial charge is 0.361 e. The lowest BCUT2D eigenvalue weighted by Crippen LogP contribution is -2.34. The molecule has 0 spiro atoms. The third-order valence-corrected chi connectivity index (χ3v) is 2.99. The maximum absolute atomic E-state index is 5.17. The molecule has 0 atom stereocenters. The van der Waals surface area contributed by atoms with Gasteiger partial charge in [-0.05, 0) is 43.4 Å². The van der Waals surface area contributed by atoms with Gasteiger partial charge in [0.25, 0.3) is 0 Å². The second kappa shape index (κ2) is 8.06. The summed E-state index contributed by atoms with van der Waals surface area (Å²) in [5.74, 6) is 0. The number of thiocarbonyl (C=S) groups is 1. The van der Waals surface area contributed by atoms with Crippen molar-refractivity contribution in [2.75, 3.05) is 6.54 Å². The van der Waals surface area contributed by atoms with Gasteiger partial charge in [0.15, 0.2) is 5.11 Å². The first-order chi connectivity index (χ1) is 10.3. The molecule has 0 radical (unpaired) electrons. The second-order valence-electron chi connectivity index (χ2n) is 4.35. The van der Waals surface area contributed by atoms with Crippen LogP contribution in [0.3, 0.4) is 0 Å². The Labute approximate surface area is 129 Å². The summed E-state index contributed by atoms with van der Waals surface area (Å²) >= 11 is 5.17. The average Bonchev–Trinajstić information content (AvgIpc) is 2.54. The van der Waals surface area contributed by atoms with E-state index in [2.05, 4.69) is 25.8 Å². The van der Waals surface area contributed by atoms with Crippen LogP contribution in [0.4, 0.5) is 0 Å². The van der Waals surface area contributed by atoms with E-state index in [0.29, 0.717) is 11.7 Å². The maximum atomic E-state index is 5.17. The van der Waals surface area contributed by atoms with Crippen LogP contribution in [0.1, 0.15) is 18.3 Å². The Morgan fingerprint density at radius 3 is 2.57 bits per heavy atom. The molecule has 2 aromatic heterocycles. The number of hydrogen-bond donors (Lipinski definition) is 2. The molecule has 0 saturated heterocycles. The zero-order valence-corrected chi connectivity index (χ0v) is 12.6. The molecule has 0 aliphatic heterocycles. The molecule has 108 valence electrons. The summed E-state index contributed by atoms with van der Waals surface area (Å²) in [6, 6.07) is 11.6. The minimum atomic E-state index is 0.487. The second-order valence-corrected chi connectivity index (χ2v) is 4.76. The number of nitrogens with zero attached hydrogens (tertiary/aromatic N) is 3. The third-order valence-electron chi connectivity index (χ3n) is 2.75. The molecule has 2 heterocycles. The zero-order valence-electron chi connectivity index (χ0n) is 11.8. The molecule has 0 aromatic carbocycles. The molecule has 0 saturated carbocycles. The van der Waals surface area contributed by atoms with E-state index < -0.39 is 0 Å². The van der Waals surface area contributed by atoms with E-state index in [4.69, 9.17) is 12.2 Å². The van der Waals surface area contributed by atoms with Crippen molar-refractivity contribution in [2.45, 2.75) is 13.3 Å². The molecule has 6 heteroatoms. The molecule has 0 unspecified atom stereocenters. The highest BCUT2D eigenvalue weighted by atomic mass is 32.1. The molecule has 5 nitrogen and oxygen atoms in total. The number of hydrogen-bond acceptors (Lipinski definition) is 4. The topological polar surface area (TPSA) is 62.2 Å². The Hall–Kier alpha value is -2.34. The fourth-order valence-corrected chi connectivity index (χ4v) is 1.81. The summed E-state index contributed by atoms with van der Waals surface area (Å²) in [5.41, 5.74) is 5.45. The van der Waals surface area contributed by atoms with Crippen LogP contribution in [0.25, 0.3) is 0 Å². The van der Waals surface area contributed by atoms with Crippen molar-refractivity contribution in [1.29, 1.82) is 0 Å². The normalized spacial score (nSPS) is 11.0. The fourth-order valence-electron chi connectivity index (χ4n) is 1.66. The lowest BCUT2D eigenvalue weighted by molar-refractivity contribution is 0.818. The summed E-state index contributed by atoms with van der Waals surface area (Å²) in [6.45, 7) is 2.59. The summed E-state index contributed by atoms with van der Waals surface area (Å²) in [6.07, 6.45) is 4.33. The summed E-state index contributed by atoms with van der Waals surface area (Å²) in [5, 5.41) is 7.78. The number of aromatic nitrogens is 2.